The molecule has 3 rings (SSSR count). The van der Waals surface area contributed by atoms with Gasteiger partial charge in [0.15, 0.2) is 0 Å². The van der Waals surface area contributed by atoms with Gasteiger partial charge < -0.3 is 5.73 Å². The molecule has 0 amide bonds. The maximum atomic E-state index is 7.41. The van der Waals surface area contributed by atoms with Gasteiger partial charge in [0.1, 0.15) is 23.7 Å². The molecule has 2 heterocycles. The topological polar surface area (TPSA) is 80.6 Å². The highest BCUT2D eigenvalue weighted by atomic mass is 15.1. The number of nitrogens with two attached hydrogens (primary N) is 1. The predicted octanol–water partition coefficient (Wildman–Crippen LogP) is 1.70. The molecule has 0 radical (unpaired) electrons. The molecule has 0 fully saturated rings. The Morgan fingerprint density at radius 2 is 1.94 bits per heavy atom. The first-order valence-corrected chi connectivity index (χ1v) is 5.49. The third kappa shape index (κ3) is 1.62. The number of nitrogen functional groups attached to an aromatic ring is 1. The van der Waals surface area contributed by atoms with Gasteiger partial charge in [-0.05, 0) is 24.3 Å². The molecule has 0 bridgehead atoms. The molecule has 0 saturated carbocycles. The Balaban J connectivity index is 2.20. The van der Waals surface area contributed by atoms with Gasteiger partial charge in [-0.1, -0.05) is 18.2 Å². The van der Waals surface area contributed by atoms with E-state index in [0.29, 0.717) is 11.5 Å². The van der Waals surface area contributed by atoms with Crippen molar-refractivity contribution in [2.24, 2.45) is 5.73 Å². The number of para-hydroxylation sites is 2. The minimum atomic E-state index is -0.0405. The molecule has 3 aromatic rings. The molecular formula is C13H11N5. The fraction of sp³-hybridized carbons (Fsp3) is 0. The Morgan fingerprint density at radius 1 is 1.11 bits per heavy atom. The van der Waals surface area contributed by atoms with Gasteiger partial charge in [-0.2, -0.15) is 0 Å². The smallest absolute Gasteiger partial charge is 0.141 e. The average Bonchev–Trinajstić information content (AvgIpc) is 2.82. The van der Waals surface area contributed by atoms with Crippen LogP contribution in [0.5, 0.6) is 0 Å². The zero-order chi connectivity index (χ0) is 12.5. The van der Waals surface area contributed by atoms with Crippen molar-refractivity contribution in [2.75, 3.05) is 0 Å². The Kier molecular flexibility index (Phi) is 2.30. The summed E-state index contributed by atoms with van der Waals surface area (Å²) in [4.78, 5) is 8.65. The van der Waals surface area contributed by atoms with Crippen LogP contribution in [0.4, 0.5) is 0 Å². The van der Waals surface area contributed by atoms with Gasteiger partial charge in [0.05, 0.1) is 11.0 Å². The highest BCUT2D eigenvalue weighted by Gasteiger charge is 2.06. The second-order valence-electron chi connectivity index (χ2n) is 3.90. The fourth-order valence-electron chi connectivity index (χ4n) is 1.85. The molecule has 5 nitrogen and oxygen atoms in total. The van der Waals surface area contributed by atoms with Crippen LogP contribution >= 0.6 is 0 Å². The van der Waals surface area contributed by atoms with Crippen LogP contribution in [0.2, 0.25) is 0 Å². The molecule has 0 saturated heterocycles. The lowest BCUT2D eigenvalue weighted by Gasteiger charge is -2.05. The van der Waals surface area contributed by atoms with E-state index in [1.54, 1.807) is 12.4 Å². The molecule has 0 unspecified atom stereocenters. The van der Waals surface area contributed by atoms with Crippen molar-refractivity contribution in [3.05, 3.63) is 54.5 Å². The summed E-state index contributed by atoms with van der Waals surface area (Å²) < 4.78 is 1.88. The van der Waals surface area contributed by atoms with Gasteiger partial charge in [0, 0.05) is 0 Å². The SMILES string of the molecule is N=C(N)c1cccc(-n2cnc3ccccc32)n1. The zero-order valence-electron chi connectivity index (χ0n) is 9.54. The third-order valence-electron chi connectivity index (χ3n) is 2.71. The number of aromatic nitrogens is 3. The summed E-state index contributed by atoms with van der Waals surface area (Å²) in [5.41, 5.74) is 7.80. The Morgan fingerprint density at radius 3 is 2.78 bits per heavy atom. The van der Waals surface area contributed by atoms with Crippen LogP contribution in [-0.2, 0) is 0 Å². The number of amidine groups is 1. The Labute approximate surface area is 103 Å². The van der Waals surface area contributed by atoms with Gasteiger partial charge in [-0.25, -0.2) is 9.97 Å². The summed E-state index contributed by atoms with van der Waals surface area (Å²) >= 11 is 0. The van der Waals surface area contributed by atoms with E-state index in [9.17, 15) is 0 Å². The van der Waals surface area contributed by atoms with Gasteiger partial charge in [0.25, 0.3) is 0 Å². The summed E-state index contributed by atoms with van der Waals surface area (Å²) in [5, 5.41) is 7.41. The second-order valence-corrected chi connectivity index (χ2v) is 3.90. The first kappa shape index (κ1) is 10.5. The number of hydrogen-bond acceptors (Lipinski definition) is 3. The lowest BCUT2D eigenvalue weighted by molar-refractivity contribution is 1.01. The van der Waals surface area contributed by atoms with E-state index < -0.39 is 0 Å². The number of nitrogens with one attached hydrogen (secondary N) is 1. The third-order valence-corrected chi connectivity index (χ3v) is 2.71. The van der Waals surface area contributed by atoms with Crippen LogP contribution in [0.3, 0.4) is 0 Å². The van der Waals surface area contributed by atoms with E-state index in [1.165, 1.54) is 0 Å². The largest absolute Gasteiger partial charge is 0.382 e. The summed E-state index contributed by atoms with van der Waals surface area (Å²) in [6, 6.07) is 13.2. The standard InChI is InChI=1S/C13H11N5/c14-13(15)10-5-3-7-12(17-10)18-8-16-9-4-1-2-6-11(9)18/h1-8H,(H3,14,15). The normalized spacial score (nSPS) is 10.7. The molecule has 0 spiro atoms. The van der Waals surface area contributed by atoms with Crippen molar-refractivity contribution >= 4 is 16.9 Å². The van der Waals surface area contributed by atoms with E-state index in [2.05, 4.69) is 9.97 Å². The Bertz CT molecular complexity index is 729. The molecule has 18 heavy (non-hydrogen) atoms. The second kappa shape index (κ2) is 3.96. The number of imidazole rings is 1. The molecule has 0 aliphatic rings. The average molecular weight is 237 g/mol. The minimum Gasteiger partial charge on any atom is -0.382 e. The van der Waals surface area contributed by atoms with Crippen molar-refractivity contribution in [1.82, 2.24) is 14.5 Å². The number of benzene rings is 1. The van der Waals surface area contributed by atoms with Crippen molar-refractivity contribution in [1.29, 1.82) is 5.41 Å². The number of hydrogen-bond donors (Lipinski definition) is 2. The first-order valence-electron chi connectivity index (χ1n) is 5.49. The monoisotopic (exact) mass is 237 g/mol. The van der Waals surface area contributed by atoms with Crippen molar-refractivity contribution in [3.63, 3.8) is 0 Å². The van der Waals surface area contributed by atoms with Gasteiger partial charge in [0.2, 0.25) is 0 Å². The predicted molar refractivity (Wildman–Crippen MR) is 69.9 cm³/mol. The minimum absolute atomic E-state index is 0.0405. The maximum absolute atomic E-state index is 7.41. The summed E-state index contributed by atoms with van der Waals surface area (Å²) in [6.45, 7) is 0. The van der Waals surface area contributed by atoms with Crippen molar-refractivity contribution < 1.29 is 0 Å². The van der Waals surface area contributed by atoms with Crippen LogP contribution < -0.4 is 5.73 Å². The first-order chi connectivity index (χ1) is 8.75. The van der Waals surface area contributed by atoms with Crippen molar-refractivity contribution in [3.8, 4) is 5.82 Å². The van der Waals surface area contributed by atoms with Crippen LogP contribution in [0, 0.1) is 5.41 Å². The van der Waals surface area contributed by atoms with E-state index in [4.69, 9.17) is 11.1 Å². The van der Waals surface area contributed by atoms with Crippen LogP contribution in [-0.4, -0.2) is 20.4 Å². The molecule has 0 aliphatic heterocycles. The number of fused-ring (bicyclic) bond motifs is 1. The van der Waals surface area contributed by atoms with E-state index in [1.807, 2.05) is 41.0 Å². The molecule has 5 heteroatoms. The highest BCUT2D eigenvalue weighted by Crippen LogP contribution is 2.16. The lowest BCUT2D eigenvalue weighted by Crippen LogP contribution is -2.14. The van der Waals surface area contributed by atoms with Gasteiger partial charge >= 0.3 is 0 Å². The lowest BCUT2D eigenvalue weighted by atomic mass is 10.3. The fourth-order valence-corrected chi connectivity index (χ4v) is 1.85. The van der Waals surface area contributed by atoms with E-state index >= 15 is 0 Å². The number of rotatable bonds is 2. The van der Waals surface area contributed by atoms with Gasteiger partial charge in [-0.3, -0.25) is 9.98 Å². The van der Waals surface area contributed by atoms with Gasteiger partial charge in [-0.15, -0.1) is 0 Å². The molecule has 2 aromatic heterocycles. The van der Waals surface area contributed by atoms with E-state index in [0.717, 1.165) is 11.0 Å². The quantitative estimate of drug-likeness (QED) is 0.526. The summed E-state index contributed by atoms with van der Waals surface area (Å²) in [5.74, 6) is 0.665. The van der Waals surface area contributed by atoms with Crippen LogP contribution in [0.1, 0.15) is 5.69 Å². The maximum Gasteiger partial charge on any atom is 0.141 e. The molecule has 88 valence electrons. The molecule has 0 aliphatic carbocycles. The number of nitrogens with zero attached hydrogens (tertiary/aromatic N) is 3. The molecular weight excluding hydrogens is 226 g/mol. The highest BCUT2D eigenvalue weighted by molar-refractivity contribution is 5.93. The number of pyridine rings is 1. The molecule has 1 aromatic carbocycles. The van der Waals surface area contributed by atoms with Crippen molar-refractivity contribution in [2.45, 2.75) is 0 Å². The Hall–Kier alpha value is -2.69. The van der Waals surface area contributed by atoms with Crippen LogP contribution in [0.25, 0.3) is 16.9 Å². The summed E-state index contributed by atoms with van der Waals surface area (Å²) in [6.07, 6.45) is 1.72. The molecule has 3 N–H and O–H groups in total. The summed E-state index contributed by atoms with van der Waals surface area (Å²) in [7, 11) is 0. The zero-order valence-corrected chi connectivity index (χ0v) is 9.54. The molecule has 0 atom stereocenters. The van der Waals surface area contributed by atoms with E-state index in [-0.39, 0.29) is 5.84 Å². The van der Waals surface area contributed by atoms with Crippen LogP contribution in [0.15, 0.2) is 48.8 Å².